The average molecular weight is 383 g/mol. The molecule has 1 aromatic carbocycles. The number of hydrogen-bond acceptors (Lipinski definition) is 5. The van der Waals surface area contributed by atoms with E-state index in [0.29, 0.717) is 31.6 Å². The monoisotopic (exact) mass is 383 g/mol. The fraction of sp³-hybridized carbons (Fsp3) is 0.600. The number of carbonyl (C=O) groups excluding carboxylic acids is 2. The van der Waals surface area contributed by atoms with Crippen molar-refractivity contribution >= 4 is 11.9 Å². The van der Waals surface area contributed by atoms with Crippen LogP contribution in [0.4, 0.5) is 8.78 Å². The van der Waals surface area contributed by atoms with Crippen LogP contribution in [-0.4, -0.2) is 49.2 Å². The van der Waals surface area contributed by atoms with Crippen molar-refractivity contribution in [2.75, 3.05) is 26.7 Å². The number of carbonyl (C=O) groups is 2. The molecule has 27 heavy (non-hydrogen) atoms. The molecule has 0 aliphatic carbocycles. The summed E-state index contributed by atoms with van der Waals surface area (Å²) in [7, 11) is 1.30. The molecule has 0 radical (unpaired) electrons. The zero-order valence-electron chi connectivity index (χ0n) is 16.3. The van der Waals surface area contributed by atoms with Gasteiger partial charge >= 0.3 is 11.9 Å². The molecule has 1 saturated heterocycles. The van der Waals surface area contributed by atoms with Crippen LogP contribution in [0.5, 0.6) is 0 Å². The number of benzene rings is 1. The van der Waals surface area contributed by atoms with Gasteiger partial charge in [0.05, 0.1) is 13.0 Å². The van der Waals surface area contributed by atoms with Crippen LogP contribution in [-0.2, 0) is 19.1 Å². The van der Waals surface area contributed by atoms with Crippen molar-refractivity contribution in [1.29, 1.82) is 0 Å². The minimum absolute atomic E-state index is 0.270. The zero-order valence-corrected chi connectivity index (χ0v) is 16.3. The molecule has 150 valence electrons. The van der Waals surface area contributed by atoms with E-state index in [1.54, 1.807) is 0 Å². The van der Waals surface area contributed by atoms with Crippen molar-refractivity contribution in [2.24, 2.45) is 5.92 Å². The first-order valence-corrected chi connectivity index (χ1v) is 9.07. The molecule has 1 fully saturated rings. The van der Waals surface area contributed by atoms with Crippen molar-refractivity contribution in [3.63, 3.8) is 0 Å². The van der Waals surface area contributed by atoms with Crippen LogP contribution in [0.2, 0.25) is 0 Å². The lowest BCUT2D eigenvalue weighted by molar-refractivity contribution is -0.155. The fourth-order valence-corrected chi connectivity index (χ4v) is 3.41. The maximum absolute atomic E-state index is 14.2. The van der Waals surface area contributed by atoms with Gasteiger partial charge in [0.25, 0.3) is 0 Å². The smallest absolute Gasteiger partial charge is 0.310 e. The van der Waals surface area contributed by atoms with E-state index in [1.165, 1.54) is 19.2 Å². The third-order valence-electron chi connectivity index (χ3n) is 4.54. The van der Waals surface area contributed by atoms with Crippen molar-refractivity contribution in [3.05, 3.63) is 35.4 Å². The summed E-state index contributed by atoms with van der Waals surface area (Å²) in [6.07, 6.45) is 0.841. The number of halogens is 2. The van der Waals surface area contributed by atoms with E-state index in [4.69, 9.17) is 9.47 Å². The highest BCUT2D eigenvalue weighted by Gasteiger charge is 2.40. The molecule has 0 bridgehead atoms. The predicted octanol–water partition coefficient (Wildman–Crippen LogP) is 3.28. The summed E-state index contributed by atoms with van der Waals surface area (Å²) in [4.78, 5) is 26.0. The molecule has 0 unspecified atom stereocenters. The van der Waals surface area contributed by atoms with Gasteiger partial charge in [-0.15, -0.1) is 0 Å². The van der Waals surface area contributed by atoms with E-state index in [2.05, 4.69) is 0 Å². The van der Waals surface area contributed by atoms with E-state index < -0.39 is 35.0 Å². The Balaban J connectivity index is 2.00. The first-order chi connectivity index (χ1) is 12.6. The van der Waals surface area contributed by atoms with Crippen LogP contribution >= 0.6 is 0 Å². The lowest BCUT2D eigenvalue weighted by atomic mass is 9.88. The minimum Gasteiger partial charge on any atom is -0.469 e. The third kappa shape index (κ3) is 5.99. The van der Waals surface area contributed by atoms with Crippen LogP contribution < -0.4 is 0 Å². The second-order valence-corrected chi connectivity index (χ2v) is 7.85. The van der Waals surface area contributed by atoms with Crippen molar-refractivity contribution in [3.8, 4) is 0 Å². The normalized spacial score (nSPS) is 20.5. The maximum Gasteiger partial charge on any atom is 0.310 e. The van der Waals surface area contributed by atoms with Gasteiger partial charge < -0.3 is 14.4 Å². The lowest BCUT2D eigenvalue weighted by Crippen LogP contribution is -2.27. The van der Waals surface area contributed by atoms with Gasteiger partial charge in [0.15, 0.2) is 0 Å². The Bertz CT molecular complexity index is 687. The molecule has 1 aliphatic heterocycles. The van der Waals surface area contributed by atoms with Gasteiger partial charge in [-0.25, -0.2) is 8.78 Å². The molecule has 0 aromatic heterocycles. The minimum atomic E-state index is -0.662. The standard InChI is InChI=1S/C20H27F2NO4/c1-20(2,3)27-18(24)6-5-9-23-11-15(16(12-23)19(25)26-4)14-8-7-13(21)10-17(14)22/h7-8,10,15-16H,5-6,9,11-12H2,1-4H3/t15-,16+/m0/s1. The Kier molecular flexibility index (Phi) is 6.92. The second kappa shape index (κ2) is 8.78. The predicted molar refractivity (Wildman–Crippen MR) is 96.1 cm³/mol. The van der Waals surface area contributed by atoms with Crippen LogP contribution in [0.3, 0.4) is 0 Å². The summed E-state index contributed by atoms with van der Waals surface area (Å²) in [6, 6.07) is 3.40. The van der Waals surface area contributed by atoms with E-state index in [-0.39, 0.29) is 12.4 Å². The number of methoxy groups -OCH3 is 1. The summed E-state index contributed by atoms with van der Waals surface area (Å²) in [5.41, 5.74) is -0.215. The number of rotatable bonds is 6. The molecule has 0 spiro atoms. The third-order valence-corrected chi connectivity index (χ3v) is 4.54. The summed E-state index contributed by atoms with van der Waals surface area (Å²) >= 11 is 0. The first-order valence-electron chi connectivity index (χ1n) is 9.07. The van der Waals surface area contributed by atoms with Gasteiger partial charge in [-0.05, 0) is 45.4 Å². The van der Waals surface area contributed by atoms with Crippen LogP contribution in [0.25, 0.3) is 0 Å². The largest absolute Gasteiger partial charge is 0.469 e. The van der Waals surface area contributed by atoms with Crippen LogP contribution in [0.1, 0.15) is 45.1 Å². The molecule has 1 heterocycles. The molecular formula is C20H27F2NO4. The molecule has 1 aromatic rings. The van der Waals surface area contributed by atoms with Crippen molar-refractivity contribution in [1.82, 2.24) is 4.90 Å². The second-order valence-electron chi connectivity index (χ2n) is 7.85. The SMILES string of the molecule is COC(=O)[C@@H]1CN(CCCC(=O)OC(C)(C)C)C[C@H]1c1ccc(F)cc1F. The van der Waals surface area contributed by atoms with E-state index in [0.717, 1.165) is 6.07 Å². The molecule has 0 saturated carbocycles. The fourth-order valence-electron chi connectivity index (χ4n) is 3.41. The molecular weight excluding hydrogens is 356 g/mol. The number of nitrogens with zero attached hydrogens (tertiary/aromatic N) is 1. The van der Waals surface area contributed by atoms with Gasteiger partial charge in [-0.3, -0.25) is 9.59 Å². The van der Waals surface area contributed by atoms with E-state index in [1.807, 2.05) is 25.7 Å². The number of likely N-dealkylation sites (tertiary alicyclic amines) is 1. The highest BCUT2D eigenvalue weighted by molar-refractivity contribution is 5.74. The van der Waals surface area contributed by atoms with Crippen molar-refractivity contribution in [2.45, 2.75) is 45.1 Å². The average Bonchev–Trinajstić information content (AvgIpc) is 2.96. The van der Waals surface area contributed by atoms with Crippen molar-refractivity contribution < 1.29 is 27.8 Å². The molecule has 2 atom stereocenters. The quantitative estimate of drug-likeness (QED) is 0.706. The molecule has 1 aliphatic rings. The summed E-state index contributed by atoms with van der Waals surface area (Å²) in [5.74, 6) is -2.95. The molecule has 2 rings (SSSR count). The molecule has 7 heteroatoms. The van der Waals surface area contributed by atoms with Gasteiger partial charge in [-0.1, -0.05) is 6.07 Å². The van der Waals surface area contributed by atoms with Crippen LogP contribution in [0, 0.1) is 17.6 Å². The Morgan fingerprint density at radius 2 is 1.93 bits per heavy atom. The number of esters is 2. The van der Waals surface area contributed by atoms with Gasteiger partial charge in [0, 0.05) is 31.5 Å². The summed E-state index contributed by atoms with van der Waals surface area (Å²) in [6.45, 7) is 6.86. The zero-order chi connectivity index (χ0) is 20.2. The Morgan fingerprint density at radius 1 is 1.22 bits per heavy atom. The van der Waals surface area contributed by atoms with Gasteiger partial charge in [-0.2, -0.15) is 0 Å². The van der Waals surface area contributed by atoms with E-state index >= 15 is 0 Å². The summed E-state index contributed by atoms with van der Waals surface area (Å²) < 4.78 is 37.6. The summed E-state index contributed by atoms with van der Waals surface area (Å²) in [5, 5.41) is 0. The van der Waals surface area contributed by atoms with Crippen LogP contribution in [0.15, 0.2) is 18.2 Å². The Labute approximate surface area is 158 Å². The van der Waals surface area contributed by atoms with Gasteiger partial charge in [0.1, 0.15) is 17.2 Å². The Hall–Kier alpha value is -2.02. The first kappa shape index (κ1) is 21.3. The number of hydrogen-bond donors (Lipinski definition) is 0. The highest BCUT2D eigenvalue weighted by Crippen LogP contribution is 2.35. The highest BCUT2D eigenvalue weighted by atomic mass is 19.1. The molecule has 5 nitrogen and oxygen atoms in total. The van der Waals surface area contributed by atoms with Gasteiger partial charge in [0.2, 0.25) is 0 Å². The topological polar surface area (TPSA) is 55.8 Å². The molecule has 0 amide bonds. The molecule has 0 N–H and O–H groups in total. The van der Waals surface area contributed by atoms with E-state index in [9.17, 15) is 18.4 Å². The lowest BCUT2D eigenvalue weighted by Gasteiger charge is -2.20. The number of ether oxygens (including phenoxy) is 2. The Morgan fingerprint density at radius 3 is 2.52 bits per heavy atom. The maximum atomic E-state index is 14.2.